The summed E-state index contributed by atoms with van der Waals surface area (Å²) in [5, 5.41) is 49.6. The van der Waals surface area contributed by atoms with Crippen molar-refractivity contribution in [3.63, 3.8) is 0 Å². The van der Waals surface area contributed by atoms with Gasteiger partial charge in [0.25, 0.3) is 0 Å². The second-order valence-corrected chi connectivity index (χ2v) is 7.39. The summed E-state index contributed by atoms with van der Waals surface area (Å²) >= 11 is 6.35. The van der Waals surface area contributed by atoms with E-state index >= 15 is 0 Å². The molecule has 30 heavy (non-hydrogen) atoms. The van der Waals surface area contributed by atoms with Crippen LogP contribution in [0.1, 0.15) is 29.7 Å². The zero-order chi connectivity index (χ0) is 22.3. The number of ether oxygens (including phenoxy) is 2. The van der Waals surface area contributed by atoms with Crippen molar-refractivity contribution in [1.29, 1.82) is 0 Å². The lowest BCUT2D eigenvalue weighted by molar-refractivity contribution is -0.146. The van der Waals surface area contributed by atoms with Crippen LogP contribution in [0.15, 0.2) is 42.5 Å². The van der Waals surface area contributed by atoms with Crippen LogP contribution in [0.4, 0.5) is 0 Å². The van der Waals surface area contributed by atoms with E-state index in [4.69, 9.17) is 26.2 Å². The summed E-state index contributed by atoms with van der Waals surface area (Å²) < 4.78 is 10.8. The summed E-state index contributed by atoms with van der Waals surface area (Å²) in [6.45, 7) is 1.75. The molecule has 166 valence electrons. The smallest absolute Gasteiger partial charge is 0.119 e. The lowest BCUT2D eigenvalue weighted by atomic mass is 9.93. The molecule has 7 nitrogen and oxygen atoms in total. The number of aliphatic hydroxyl groups excluding tert-OH is 5. The van der Waals surface area contributed by atoms with Gasteiger partial charge in [-0.05, 0) is 48.2 Å². The maximum atomic E-state index is 10.5. The summed E-state index contributed by atoms with van der Waals surface area (Å²) in [7, 11) is 1.36. The molecule has 0 aromatic heterocycles. The van der Waals surface area contributed by atoms with E-state index in [-0.39, 0.29) is 0 Å². The average Bonchev–Trinajstić information content (AvgIpc) is 2.76. The largest absolute Gasteiger partial charge is 0.494 e. The van der Waals surface area contributed by atoms with E-state index in [9.17, 15) is 20.4 Å². The van der Waals surface area contributed by atoms with Crippen molar-refractivity contribution >= 4 is 11.6 Å². The Balaban J connectivity index is 2.22. The first-order valence-corrected chi connectivity index (χ1v) is 10.1. The van der Waals surface area contributed by atoms with Crippen molar-refractivity contribution in [2.24, 2.45) is 0 Å². The van der Waals surface area contributed by atoms with Gasteiger partial charge >= 0.3 is 0 Å². The maximum absolute atomic E-state index is 10.5. The number of halogens is 1. The van der Waals surface area contributed by atoms with Crippen LogP contribution >= 0.6 is 11.6 Å². The molecule has 0 aliphatic rings. The van der Waals surface area contributed by atoms with E-state index in [1.54, 1.807) is 18.2 Å². The van der Waals surface area contributed by atoms with Crippen molar-refractivity contribution < 1.29 is 35.0 Å². The SMILES string of the molecule is CCOc1ccc(Cc2cc([C@@H](OC)[C@H](O)[C@@H](O)[C@H](O)[C@H](O)CO)ccc2Cl)cc1. The Hall–Kier alpha value is -1.71. The Morgan fingerprint density at radius 3 is 2.17 bits per heavy atom. The number of hydrogen-bond acceptors (Lipinski definition) is 7. The van der Waals surface area contributed by atoms with Crippen molar-refractivity contribution in [3.8, 4) is 5.75 Å². The van der Waals surface area contributed by atoms with Crippen LogP contribution in [-0.4, -0.2) is 70.3 Å². The quantitative estimate of drug-likeness (QED) is 0.358. The second-order valence-electron chi connectivity index (χ2n) is 6.98. The highest BCUT2D eigenvalue weighted by atomic mass is 35.5. The summed E-state index contributed by atoms with van der Waals surface area (Å²) in [5.74, 6) is 0.779. The first-order chi connectivity index (χ1) is 14.3. The molecule has 8 heteroatoms. The summed E-state index contributed by atoms with van der Waals surface area (Å²) in [6, 6.07) is 12.7. The number of rotatable bonds is 11. The van der Waals surface area contributed by atoms with Gasteiger partial charge in [0.2, 0.25) is 0 Å². The standard InChI is InChI=1S/C22H29ClO7/c1-3-30-16-7-4-13(5-8-16)10-15-11-14(6-9-17(15)23)22(29-2)21(28)20(27)19(26)18(25)12-24/h4-9,11,18-22,24-28H,3,10,12H2,1-2H3/t18-,19-,20+,21-,22-/m1/s1. The lowest BCUT2D eigenvalue weighted by Crippen LogP contribution is -2.48. The molecule has 0 amide bonds. The molecule has 0 saturated heterocycles. The second kappa shape index (κ2) is 11.6. The van der Waals surface area contributed by atoms with Crippen molar-refractivity contribution in [2.45, 2.75) is 43.9 Å². The maximum Gasteiger partial charge on any atom is 0.119 e. The third kappa shape index (κ3) is 6.15. The number of benzene rings is 2. The van der Waals surface area contributed by atoms with Gasteiger partial charge in [-0.15, -0.1) is 0 Å². The van der Waals surface area contributed by atoms with E-state index in [0.717, 1.165) is 16.9 Å². The molecular formula is C22H29ClO7. The molecule has 0 fully saturated rings. The first kappa shape index (κ1) is 24.6. The van der Waals surface area contributed by atoms with Crippen molar-refractivity contribution in [1.82, 2.24) is 0 Å². The Morgan fingerprint density at radius 2 is 1.60 bits per heavy atom. The number of aliphatic hydroxyl groups is 5. The molecular weight excluding hydrogens is 412 g/mol. The van der Waals surface area contributed by atoms with E-state index in [2.05, 4.69) is 0 Å². The van der Waals surface area contributed by atoms with Crippen LogP contribution in [0.2, 0.25) is 5.02 Å². The molecule has 5 atom stereocenters. The molecule has 5 N–H and O–H groups in total. The monoisotopic (exact) mass is 440 g/mol. The van der Waals surface area contributed by atoms with Gasteiger partial charge in [-0.25, -0.2) is 0 Å². The van der Waals surface area contributed by atoms with E-state index < -0.39 is 37.1 Å². The molecule has 0 bridgehead atoms. The van der Waals surface area contributed by atoms with Gasteiger partial charge in [0, 0.05) is 12.1 Å². The number of methoxy groups -OCH3 is 1. The van der Waals surface area contributed by atoms with Crippen LogP contribution in [0.3, 0.4) is 0 Å². The topological polar surface area (TPSA) is 120 Å². The van der Waals surface area contributed by atoms with Crippen molar-refractivity contribution in [3.05, 3.63) is 64.2 Å². The minimum atomic E-state index is -1.74. The molecule has 2 rings (SSSR count). The van der Waals surface area contributed by atoms with Crippen LogP contribution in [0, 0.1) is 0 Å². The normalized spacial score (nSPS) is 16.5. The van der Waals surface area contributed by atoms with Crippen LogP contribution < -0.4 is 4.74 Å². The molecule has 0 aliphatic heterocycles. The Labute approximate surface area is 181 Å². The predicted octanol–water partition coefficient (Wildman–Crippen LogP) is 1.45. The molecule has 0 radical (unpaired) electrons. The summed E-state index contributed by atoms with van der Waals surface area (Å²) in [4.78, 5) is 0. The van der Waals surface area contributed by atoms with Gasteiger partial charge in [-0.2, -0.15) is 0 Å². The molecule has 2 aromatic rings. The zero-order valence-electron chi connectivity index (χ0n) is 17.0. The Morgan fingerprint density at radius 1 is 0.933 bits per heavy atom. The molecule has 0 heterocycles. The molecule has 0 spiro atoms. The molecule has 0 unspecified atom stereocenters. The highest BCUT2D eigenvalue weighted by Crippen LogP contribution is 2.29. The van der Waals surface area contributed by atoms with Crippen LogP contribution in [-0.2, 0) is 11.2 Å². The summed E-state index contributed by atoms with van der Waals surface area (Å²) in [6.07, 6.45) is -7.07. The molecule has 0 saturated carbocycles. The molecule has 2 aromatic carbocycles. The van der Waals surface area contributed by atoms with E-state index in [0.29, 0.717) is 23.6 Å². The zero-order valence-corrected chi connectivity index (χ0v) is 17.7. The Bertz CT molecular complexity index is 784. The van der Waals surface area contributed by atoms with Gasteiger partial charge < -0.3 is 35.0 Å². The predicted molar refractivity (Wildman–Crippen MR) is 113 cm³/mol. The third-order valence-corrected chi connectivity index (χ3v) is 5.24. The van der Waals surface area contributed by atoms with Gasteiger partial charge in [0.05, 0.1) is 13.2 Å². The first-order valence-electron chi connectivity index (χ1n) is 9.68. The van der Waals surface area contributed by atoms with Crippen LogP contribution in [0.25, 0.3) is 0 Å². The highest BCUT2D eigenvalue weighted by molar-refractivity contribution is 6.31. The third-order valence-electron chi connectivity index (χ3n) is 4.87. The van der Waals surface area contributed by atoms with Gasteiger partial charge in [0.15, 0.2) is 0 Å². The van der Waals surface area contributed by atoms with Gasteiger partial charge in [-0.1, -0.05) is 35.9 Å². The minimum Gasteiger partial charge on any atom is -0.494 e. The fourth-order valence-electron chi connectivity index (χ4n) is 3.19. The Kier molecular flexibility index (Phi) is 9.51. The average molecular weight is 441 g/mol. The highest BCUT2D eigenvalue weighted by Gasteiger charge is 2.35. The van der Waals surface area contributed by atoms with Gasteiger partial charge in [-0.3, -0.25) is 0 Å². The lowest BCUT2D eigenvalue weighted by Gasteiger charge is -2.30. The minimum absolute atomic E-state index is 0.528. The fraction of sp³-hybridized carbons (Fsp3) is 0.455. The van der Waals surface area contributed by atoms with E-state index in [1.165, 1.54) is 7.11 Å². The van der Waals surface area contributed by atoms with Gasteiger partial charge in [0.1, 0.15) is 36.3 Å². The summed E-state index contributed by atoms with van der Waals surface area (Å²) in [5.41, 5.74) is 2.34. The van der Waals surface area contributed by atoms with Crippen molar-refractivity contribution in [2.75, 3.05) is 20.3 Å². The fourth-order valence-corrected chi connectivity index (χ4v) is 3.37. The number of hydrogen-bond donors (Lipinski definition) is 5. The molecule has 0 aliphatic carbocycles. The van der Waals surface area contributed by atoms with Crippen LogP contribution in [0.5, 0.6) is 5.75 Å². The van der Waals surface area contributed by atoms with E-state index in [1.807, 2.05) is 31.2 Å².